The number of fused-ring (bicyclic) bond motifs is 4. The highest BCUT2D eigenvalue weighted by atomic mass is 14.7. The van der Waals surface area contributed by atoms with E-state index in [1.807, 2.05) is 0 Å². The molecule has 4 saturated carbocycles. The third-order valence-corrected chi connectivity index (χ3v) is 9.45. The van der Waals surface area contributed by atoms with Crippen molar-refractivity contribution in [3.63, 3.8) is 0 Å². The van der Waals surface area contributed by atoms with E-state index in [1.165, 1.54) is 25.7 Å². The topological polar surface area (TPSA) is 0 Å². The molecule has 0 spiro atoms. The lowest BCUT2D eigenvalue weighted by Gasteiger charge is -2.66. The molecular weight excluding hydrogens is 264 g/mol. The first-order chi connectivity index (χ1) is 10.5. The van der Waals surface area contributed by atoms with Crippen molar-refractivity contribution in [2.24, 2.45) is 52.3 Å². The van der Waals surface area contributed by atoms with E-state index >= 15 is 0 Å². The molecule has 0 amide bonds. The van der Waals surface area contributed by atoms with Crippen LogP contribution in [0, 0.1) is 52.3 Å². The molecule has 0 aromatic heterocycles. The predicted octanol–water partition coefficient (Wildman–Crippen LogP) is 6.08. The van der Waals surface area contributed by atoms with Gasteiger partial charge < -0.3 is 0 Å². The minimum Gasteiger partial charge on any atom is -0.0877 e. The van der Waals surface area contributed by atoms with Gasteiger partial charge in [-0.05, 0) is 97.2 Å². The zero-order chi connectivity index (χ0) is 15.1. The molecule has 0 aliphatic heterocycles. The van der Waals surface area contributed by atoms with Crippen LogP contribution < -0.4 is 0 Å². The number of hydrogen-bond acceptors (Lipinski definition) is 0. The minimum atomic E-state index is 0.561. The van der Waals surface area contributed by atoms with Gasteiger partial charge in [-0.25, -0.2) is 0 Å². The quantitative estimate of drug-likeness (QED) is 0.476. The Balaban J connectivity index is 1.51. The largest absolute Gasteiger partial charge is 0.0877 e. The van der Waals surface area contributed by atoms with Crippen LogP contribution in [0.3, 0.4) is 0 Å². The van der Waals surface area contributed by atoms with Crippen LogP contribution in [-0.4, -0.2) is 0 Å². The van der Waals surface area contributed by atoms with Gasteiger partial charge in [0.25, 0.3) is 0 Å². The van der Waals surface area contributed by atoms with Crippen LogP contribution in [0.15, 0.2) is 12.2 Å². The summed E-state index contributed by atoms with van der Waals surface area (Å²) in [4.78, 5) is 0. The maximum Gasteiger partial charge on any atom is -0.0112 e. The SMILES string of the molecule is CC1CCC2(C)C3CCC4(C)C=CCC4C3CC3CC(C1)[C@H]32. The van der Waals surface area contributed by atoms with E-state index in [-0.39, 0.29) is 0 Å². The summed E-state index contributed by atoms with van der Waals surface area (Å²) in [5.74, 6) is 7.40. The summed E-state index contributed by atoms with van der Waals surface area (Å²) < 4.78 is 0. The van der Waals surface area contributed by atoms with Crippen molar-refractivity contribution < 1.29 is 0 Å². The van der Waals surface area contributed by atoms with Gasteiger partial charge in [0.05, 0.1) is 0 Å². The lowest BCUT2D eigenvalue weighted by Crippen LogP contribution is -2.59. The van der Waals surface area contributed by atoms with Crippen LogP contribution in [0.4, 0.5) is 0 Å². The van der Waals surface area contributed by atoms with E-state index < -0.39 is 0 Å². The molecule has 8 unspecified atom stereocenters. The average molecular weight is 299 g/mol. The lowest BCUT2D eigenvalue weighted by molar-refractivity contribution is -0.170. The van der Waals surface area contributed by atoms with Gasteiger partial charge >= 0.3 is 0 Å². The molecule has 22 heavy (non-hydrogen) atoms. The average Bonchev–Trinajstić information content (AvgIpc) is 2.79. The Labute approximate surface area is 137 Å². The maximum atomic E-state index is 2.75. The van der Waals surface area contributed by atoms with Crippen LogP contribution in [0.1, 0.15) is 72.1 Å². The van der Waals surface area contributed by atoms with Gasteiger partial charge in [-0.1, -0.05) is 39.3 Å². The Morgan fingerprint density at radius 1 is 0.909 bits per heavy atom. The number of hydrogen-bond donors (Lipinski definition) is 0. The molecule has 0 heterocycles. The van der Waals surface area contributed by atoms with Gasteiger partial charge in [-0.3, -0.25) is 0 Å². The standard InChI is InChI=1S/C22H34/c1-14-6-10-22(3)19-7-9-21(2)8-4-5-18(21)17(19)13-16-12-15(11-14)20(16)22/h4,8,14-20H,5-7,9-13H2,1-3H3/t14?,15?,16?,17?,18?,19?,20-,21?,22?/m1/s1. The number of rotatable bonds is 0. The van der Waals surface area contributed by atoms with Gasteiger partial charge in [0.15, 0.2) is 0 Å². The van der Waals surface area contributed by atoms with Crippen molar-refractivity contribution in [1.82, 2.24) is 0 Å². The van der Waals surface area contributed by atoms with Crippen molar-refractivity contribution in [1.29, 1.82) is 0 Å². The third kappa shape index (κ3) is 1.65. The molecule has 9 atom stereocenters. The van der Waals surface area contributed by atoms with Crippen LogP contribution >= 0.6 is 0 Å². The van der Waals surface area contributed by atoms with E-state index in [2.05, 4.69) is 32.9 Å². The van der Waals surface area contributed by atoms with E-state index in [0.29, 0.717) is 10.8 Å². The number of allylic oxidation sites excluding steroid dienone is 2. The van der Waals surface area contributed by atoms with E-state index in [4.69, 9.17) is 0 Å². The fraction of sp³-hybridized carbons (Fsp3) is 0.909. The summed E-state index contributed by atoms with van der Waals surface area (Å²) in [6, 6.07) is 0. The van der Waals surface area contributed by atoms with Crippen LogP contribution in [0.2, 0.25) is 0 Å². The molecule has 0 saturated heterocycles. The Morgan fingerprint density at radius 2 is 1.73 bits per heavy atom. The van der Waals surface area contributed by atoms with Gasteiger partial charge in [-0.15, -0.1) is 0 Å². The summed E-state index contributed by atoms with van der Waals surface area (Å²) in [7, 11) is 0. The molecule has 0 nitrogen and oxygen atoms in total. The van der Waals surface area contributed by atoms with Crippen LogP contribution in [-0.2, 0) is 0 Å². The zero-order valence-electron chi connectivity index (χ0n) is 14.9. The Hall–Kier alpha value is -0.260. The highest BCUT2D eigenvalue weighted by Gasteiger charge is 2.63. The minimum absolute atomic E-state index is 0.561. The summed E-state index contributed by atoms with van der Waals surface area (Å²) in [5, 5.41) is 0. The fourth-order valence-electron chi connectivity index (χ4n) is 8.49. The van der Waals surface area contributed by atoms with Crippen molar-refractivity contribution in [3.05, 3.63) is 12.2 Å². The summed E-state index contributed by atoms with van der Waals surface area (Å²) in [5.41, 5.74) is 1.26. The highest BCUT2D eigenvalue weighted by Crippen LogP contribution is 2.71. The molecule has 0 aromatic carbocycles. The van der Waals surface area contributed by atoms with Crippen molar-refractivity contribution in [2.75, 3.05) is 0 Å². The highest BCUT2D eigenvalue weighted by molar-refractivity contribution is 5.18. The van der Waals surface area contributed by atoms with Gasteiger partial charge in [0, 0.05) is 0 Å². The monoisotopic (exact) mass is 298 g/mol. The smallest absolute Gasteiger partial charge is 0.0112 e. The van der Waals surface area contributed by atoms with Crippen LogP contribution in [0.5, 0.6) is 0 Å². The second-order valence-electron chi connectivity index (χ2n) is 10.5. The molecule has 5 rings (SSSR count). The van der Waals surface area contributed by atoms with Gasteiger partial charge in [0.2, 0.25) is 0 Å². The zero-order valence-corrected chi connectivity index (χ0v) is 14.9. The molecule has 0 heteroatoms. The van der Waals surface area contributed by atoms with E-state index in [9.17, 15) is 0 Å². The maximum absolute atomic E-state index is 2.75. The van der Waals surface area contributed by atoms with Crippen LogP contribution in [0.25, 0.3) is 0 Å². The normalized spacial score (nSPS) is 62.4. The molecule has 0 aromatic rings. The Kier molecular flexibility index (Phi) is 2.84. The molecule has 0 radical (unpaired) electrons. The van der Waals surface area contributed by atoms with Gasteiger partial charge in [0.1, 0.15) is 0 Å². The van der Waals surface area contributed by atoms with E-state index in [1.54, 1.807) is 25.7 Å². The second-order valence-corrected chi connectivity index (χ2v) is 10.5. The molecule has 5 aliphatic rings. The first-order valence-electron chi connectivity index (χ1n) is 10.2. The predicted molar refractivity (Wildman–Crippen MR) is 92.4 cm³/mol. The molecular formula is C22H34. The first kappa shape index (κ1) is 14.1. The molecule has 5 aliphatic carbocycles. The lowest BCUT2D eigenvalue weighted by atomic mass is 9.39. The van der Waals surface area contributed by atoms with Crippen molar-refractivity contribution in [2.45, 2.75) is 72.1 Å². The first-order valence-corrected chi connectivity index (χ1v) is 10.2. The molecule has 4 fully saturated rings. The van der Waals surface area contributed by atoms with Crippen molar-refractivity contribution >= 4 is 0 Å². The summed E-state index contributed by atoms with van der Waals surface area (Å²) in [6.07, 6.45) is 17.3. The van der Waals surface area contributed by atoms with Crippen molar-refractivity contribution in [3.8, 4) is 0 Å². The Morgan fingerprint density at radius 3 is 2.59 bits per heavy atom. The molecule has 0 bridgehead atoms. The van der Waals surface area contributed by atoms with E-state index in [0.717, 1.165) is 41.4 Å². The summed E-state index contributed by atoms with van der Waals surface area (Å²) in [6.45, 7) is 7.85. The third-order valence-electron chi connectivity index (χ3n) is 9.45. The molecule has 122 valence electrons. The summed E-state index contributed by atoms with van der Waals surface area (Å²) >= 11 is 0. The van der Waals surface area contributed by atoms with Gasteiger partial charge in [-0.2, -0.15) is 0 Å². The fourth-order valence-corrected chi connectivity index (χ4v) is 8.49. The second kappa shape index (κ2) is 4.42. The molecule has 0 N–H and O–H groups in total. The Bertz CT molecular complexity index is 504.